The lowest BCUT2D eigenvalue weighted by Gasteiger charge is -1.99. The van der Waals surface area contributed by atoms with Crippen molar-refractivity contribution in [2.24, 2.45) is 0 Å². The fraction of sp³-hybridized carbons (Fsp3) is 0.571. The second-order valence-corrected chi connectivity index (χ2v) is 5.58. The van der Waals surface area contributed by atoms with E-state index in [1.807, 2.05) is 6.26 Å². The van der Waals surface area contributed by atoms with Gasteiger partial charge in [0.05, 0.1) is 6.61 Å². The number of cyclic esters (lactones) is 1. The molecule has 0 saturated carbocycles. The van der Waals surface area contributed by atoms with Gasteiger partial charge in [-0.15, -0.1) is 0 Å². The normalized spacial score (nSPS) is 21.2. The lowest BCUT2D eigenvalue weighted by molar-refractivity contribution is -0.137. The monoisotopic (exact) mass is 248 g/mol. The lowest BCUT2D eigenvalue weighted by atomic mass is 10.4. The molecule has 0 unspecified atom stereocenters. The first kappa shape index (κ1) is 10.3. The predicted octanol–water partition coefficient (Wildman–Crippen LogP) is 1.67. The van der Waals surface area contributed by atoms with Crippen LogP contribution in [0.1, 0.15) is 6.42 Å². The molecule has 0 spiro atoms. The first-order valence-corrected chi connectivity index (χ1v) is 6.88. The van der Waals surface area contributed by atoms with E-state index in [2.05, 4.69) is 9.36 Å². The van der Waals surface area contributed by atoms with Crippen LogP contribution in [0, 0.1) is 0 Å². The maximum atomic E-state index is 11.2. The molecule has 76 valence electrons. The van der Waals surface area contributed by atoms with Gasteiger partial charge in [-0.3, -0.25) is 4.79 Å². The molecule has 0 bridgehead atoms. The average molecular weight is 248 g/mol. The summed E-state index contributed by atoms with van der Waals surface area (Å²) in [4.78, 5) is 15.4. The third-order valence-electron chi connectivity index (χ3n) is 1.70. The van der Waals surface area contributed by atoms with E-state index in [1.165, 1.54) is 35.1 Å². The summed E-state index contributed by atoms with van der Waals surface area (Å²) in [5.74, 6) is -0.129. The summed E-state index contributed by atoms with van der Waals surface area (Å²) in [6.45, 7) is 0.532. The molecule has 14 heavy (non-hydrogen) atoms. The van der Waals surface area contributed by atoms with Crippen molar-refractivity contribution in [2.75, 3.05) is 12.9 Å². The maximum Gasteiger partial charge on any atom is 0.319 e. The molecule has 2 heterocycles. The van der Waals surface area contributed by atoms with Crippen molar-refractivity contribution in [3.63, 3.8) is 0 Å². The molecule has 1 aliphatic rings. The summed E-state index contributed by atoms with van der Waals surface area (Å²) in [5.41, 5.74) is 0. The van der Waals surface area contributed by atoms with Gasteiger partial charge < -0.3 is 4.74 Å². The summed E-state index contributed by atoms with van der Waals surface area (Å²) in [5, 5.41) is 0.682. The first-order valence-electron chi connectivity index (χ1n) is 4.00. The first-order chi connectivity index (χ1) is 6.79. The molecule has 0 amide bonds. The smallest absolute Gasteiger partial charge is 0.319 e. The van der Waals surface area contributed by atoms with Crippen molar-refractivity contribution < 1.29 is 9.53 Å². The van der Waals surface area contributed by atoms with Crippen molar-refractivity contribution in [1.29, 1.82) is 0 Å². The molecule has 7 heteroatoms. The summed E-state index contributed by atoms with van der Waals surface area (Å²) in [6.07, 6.45) is 2.71. The fourth-order valence-corrected chi connectivity index (χ4v) is 3.46. The van der Waals surface area contributed by atoms with E-state index < -0.39 is 0 Å². The van der Waals surface area contributed by atoms with Crippen LogP contribution in [-0.2, 0) is 9.53 Å². The molecular formula is C7H8N2O2S3. The van der Waals surface area contributed by atoms with Crippen molar-refractivity contribution >= 4 is 41.0 Å². The van der Waals surface area contributed by atoms with Crippen LogP contribution >= 0.6 is 35.1 Å². The Morgan fingerprint density at radius 2 is 2.50 bits per heavy atom. The Morgan fingerprint density at radius 1 is 1.64 bits per heavy atom. The predicted molar refractivity (Wildman–Crippen MR) is 56.9 cm³/mol. The standard InChI is InChI=1S/C7H8N2O2S3/c1-12-6-8-7(14-9-6)13-4-2-3-11-5(4)10/h4H,2-3H2,1H3/t4-/m0/s1. The molecule has 1 aliphatic heterocycles. The quantitative estimate of drug-likeness (QED) is 0.599. The molecule has 1 aromatic heterocycles. The van der Waals surface area contributed by atoms with Gasteiger partial charge in [-0.2, -0.15) is 4.37 Å². The van der Waals surface area contributed by atoms with E-state index in [4.69, 9.17) is 4.74 Å². The Labute approximate surface area is 94.0 Å². The fourth-order valence-electron chi connectivity index (χ4n) is 1.03. The van der Waals surface area contributed by atoms with Gasteiger partial charge in [-0.05, 0) is 17.8 Å². The van der Waals surface area contributed by atoms with Gasteiger partial charge in [-0.1, -0.05) is 23.5 Å². The molecular weight excluding hydrogens is 240 g/mol. The highest BCUT2D eigenvalue weighted by molar-refractivity contribution is 8.02. The van der Waals surface area contributed by atoms with Crippen LogP contribution in [0.5, 0.6) is 0 Å². The SMILES string of the molecule is CSc1nsc(S[C@H]2CCOC2=O)n1. The number of esters is 1. The van der Waals surface area contributed by atoms with Crippen LogP contribution < -0.4 is 0 Å². The minimum atomic E-state index is -0.129. The van der Waals surface area contributed by atoms with Crippen LogP contribution in [0.25, 0.3) is 0 Å². The average Bonchev–Trinajstić information content (AvgIpc) is 2.77. The number of hydrogen-bond acceptors (Lipinski definition) is 7. The highest BCUT2D eigenvalue weighted by Crippen LogP contribution is 2.31. The Kier molecular flexibility index (Phi) is 3.30. The zero-order valence-corrected chi connectivity index (χ0v) is 9.88. The minimum Gasteiger partial charge on any atom is -0.465 e. The number of carbonyl (C=O) groups excluding carboxylic acids is 1. The van der Waals surface area contributed by atoms with Crippen LogP contribution in [0.4, 0.5) is 0 Å². The summed E-state index contributed by atoms with van der Waals surface area (Å²) >= 11 is 4.30. The van der Waals surface area contributed by atoms with Gasteiger partial charge in [0.2, 0.25) is 5.16 Å². The third kappa shape index (κ3) is 2.21. The van der Waals surface area contributed by atoms with Gasteiger partial charge in [0.15, 0.2) is 4.34 Å². The summed E-state index contributed by atoms with van der Waals surface area (Å²) in [6, 6.07) is 0. The number of hydrogen-bond donors (Lipinski definition) is 0. The second-order valence-electron chi connectivity index (χ2n) is 2.61. The van der Waals surface area contributed by atoms with Crippen LogP contribution in [0.2, 0.25) is 0 Å². The minimum absolute atomic E-state index is 0.0855. The van der Waals surface area contributed by atoms with E-state index in [-0.39, 0.29) is 11.2 Å². The van der Waals surface area contributed by atoms with Gasteiger partial charge >= 0.3 is 5.97 Å². The maximum absolute atomic E-state index is 11.2. The third-order valence-corrected chi connectivity index (χ3v) is 4.39. The lowest BCUT2D eigenvalue weighted by Crippen LogP contribution is -2.08. The molecule has 2 rings (SSSR count). The number of carbonyl (C=O) groups is 1. The molecule has 0 aromatic carbocycles. The Hall–Kier alpha value is -0.270. The van der Waals surface area contributed by atoms with Crippen molar-refractivity contribution in [2.45, 2.75) is 21.2 Å². The molecule has 0 radical (unpaired) electrons. The molecule has 1 aromatic rings. The highest BCUT2D eigenvalue weighted by Gasteiger charge is 2.28. The van der Waals surface area contributed by atoms with E-state index in [1.54, 1.807) is 0 Å². The van der Waals surface area contributed by atoms with E-state index in [0.717, 1.165) is 15.9 Å². The Bertz CT molecular complexity index is 341. The van der Waals surface area contributed by atoms with Gasteiger partial charge in [0.25, 0.3) is 0 Å². The number of thioether (sulfide) groups is 2. The molecule has 1 atom stereocenters. The van der Waals surface area contributed by atoms with Crippen molar-refractivity contribution in [3.8, 4) is 0 Å². The topological polar surface area (TPSA) is 52.1 Å². The molecule has 1 saturated heterocycles. The van der Waals surface area contributed by atoms with Crippen LogP contribution in [0.15, 0.2) is 9.50 Å². The van der Waals surface area contributed by atoms with Gasteiger partial charge in [0, 0.05) is 6.42 Å². The zero-order valence-electron chi connectivity index (χ0n) is 7.43. The molecule has 1 fully saturated rings. The summed E-state index contributed by atoms with van der Waals surface area (Å²) < 4.78 is 9.83. The van der Waals surface area contributed by atoms with Crippen molar-refractivity contribution in [1.82, 2.24) is 9.36 Å². The van der Waals surface area contributed by atoms with Crippen molar-refractivity contribution in [3.05, 3.63) is 0 Å². The van der Waals surface area contributed by atoms with E-state index >= 15 is 0 Å². The molecule has 4 nitrogen and oxygen atoms in total. The largest absolute Gasteiger partial charge is 0.465 e. The van der Waals surface area contributed by atoms with Gasteiger partial charge in [0.1, 0.15) is 5.25 Å². The number of nitrogens with zero attached hydrogens (tertiary/aromatic N) is 2. The van der Waals surface area contributed by atoms with Crippen LogP contribution in [0.3, 0.4) is 0 Å². The summed E-state index contributed by atoms with van der Waals surface area (Å²) in [7, 11) is 0. The van der Waals surface area contributed by atoms with E-state index in [0.29, 0.717) is 6.61 Å². The number of rotatable bonds is 3. The molecule has 0 N–H and O–H groups in total. The van der Waals surface area contributed by atoms with E-state index in [9.17, 15) is 4.79 Å². The Balaban J connectivity index is 1.99. The number of aromatic nitrogens is 2. The highest BCUT2D eigenvalue weighted by atomic mass is 32.2. The second kappa shape index (κ2) is 4.50. The number of ether oxygens (including phenoxy) is 1. The Morgan fingerprint density at radius 3 is 3.07 bits per heavy atom. The molecule has 0 aliphatic carbocycles. The van der Waals surface area contributed by atoms with Crippen LogP contribution in [-0.4, -0.2) is 33.4 Å². The zero-order chi connectivity index (χ0) is 9.97. The van der Waals surface area contributed by atoms with Gasteiger partial charge in [-0.25, -0.2) is 4.98 Å².